The average molecular weight is 496 g/mol. The second-order valence-corrected chi connectivity index (χ2v) is 14.9. The van der Waals surface area contributed by atoms with Gasteiger partial charge in [0.15, 0.2) is 5.13 Å². The van der Waals surface area contributed by atoms with Gasteiger partial charge in [0.2, 0.25) is 0 Å². The maximum Gasteiger partial charge on any atom is 0.273 e. The van der Waals surface area contributed by atoms with Crippen LogP contribution in [0, 0.1) is 0 Å². The first-order valence-corrected chi connectivity index (χ1v) is 14.4. The van der Waals surface area contributed by atoms with Crippen LogP contribution in [0.5, 0.6) is 0 Å². The van der Waals surface area contributed by atoms with Crippen molar-refractivity contribution in [3.05, 3.63) is 71.7 Å². The number of aliphatic hydroxyl groups is 1. The number of likely N-dealkylation sites (N-methyl/N-ethyl adjacent to an activating group) is 1. The molecule has 2 heterocycles. The van der Waals surface area contributed by atoms with Crippen molar-refractivity contribution in [3.63, 3.8) is 0 Å². The second kappa shape index (κ2) is 9.99. The van der Waals surface area contributed by atoms with Gasteiger partial charge in [0.1, 0.15) is 5.69 Å². The van der Waals surface area contributed by atoms with Crippen LogP contribution >= 0.6 is 11.3 Å². The van der Waals surface area contributed by atoms with E-state index in [4.69, 9.17) is 9.53 Å². The number of hydrogen-bond donors (Lipinski definition) is 1. The molecular formula is C26H33N3O3SSi. The summed E-state index contributed by atoms with van der Waals surface area (Å²) < 4.78 is 7.16. The first-order chi connectivity index (χ1) is 16.3. The van der Waals surface area contributed by atoms with Crippen molar-refractivity contribution < 1.29 is 14.3 Å². The Kier molecular flexibility index (Phi) is 7.23. The Balaban J connectivity index is 1.55. The van der Waals surface area contributed by atoms with Crippen LogP contribution in [-0.4, -0.2) is 68.6 Å². The first kappa shape index (κ1) is 24.6. The van der Waals surface area contributed by atoms with Crippen LogP contribution in [0.15, 0.2) is 66.0 Å². The summed E-state index contributed by atoms with van der Waals surface area (Å²) in [5.74, 6) is -0.169. The molecule has 34 heavy (non-hydrogen) atoms. The van der Waals surface area contributed by atoms with Gasteiger partial charge in [-0.15, -0.1) is 11.3 Å². The molecule has 1 N–H and O–H groups in total. The third kappa shape index (κ3) is 4.68. The molecule has 4 rings (SSSR count). The minimum atomic E-state index is -2.58. The molecule has 6 nitrogen and oxygen atoms in total. The molecule has 0 aliphatic carbocycles. The Morgan fingerprint density at radius 2 is 1.68 bits per heavy atom. The molecule has 2 aromatic carbocycles. The van der Waals surface area contributed by atoms with Gasteiger partial charge in [-0.2, -0.15) is 0 Å². The zero-order chi connectivity index (χ0) is 24.3. The van der Waals surface area contributed by atoms with Crippen LogP contribution in [-0.2, 0) is 4.43 Å². The van der Waals surface area contributed by atoms with E-state index < -0.39 is 8.32 Å². The number of hydrogen-bond acceptors (Lipinski definition) is 6. The first-order valence-electron chi connectivity index (χ1n) is 11.6. The van der Waals surface area contributed by atoms with Crippen LogP contribution in [0.1, 0.15) is 31.3 Å². The number of amides is 1. The number of carbonyl (C=O) groups excluding carboxylic acids is 1. The smallest absolute Gasteiger partial charge is 0.273 e. The predicted octanol–water partition coefficient (Wildman–Crippen LogP) is 2.97. The van der Waals surface area contributed by atoms with Crippen LogP contribution in [0.25, 0.3) is 0 Å². The van der Waals surface area contributed by atoms with Crippen molar-refractivity contribution in [1.82, 2.24) is 9.88 Å². The molecule has 0 unspecified atom stereocenters. The molecule has 0 atom stereocenters. The summed E-state index contributed by atoms with van der Waals surface area (Å²) >= 11 is 1.48. The second-order valence-electron chi connectivity index (χ2n) is 9.77. The Morgan fingerprint density at radius 1 is 1.12 bits per heavy atom. The lowest BCUT2D eigenvalue weighted by atomic mass is 10.2. The van der Waals surface area contributed by atoms with E-state index in [2.05, 4.69) is 91.3 Å². The van der Waals surface area contributed by atoms with Crippen LogP contribution < -0.4 is 15.3 Å². The molecule has 1 fully saturated rings. The van der Waals surface area contributed by atoms with E-state index in [9.17, 15) is 4.79 Å². The topological polar surface area (TPSA) is 65.9 Å². The minimum absolute atomic E-state index is 0.0613. The molecule has 0 saturated carbocycles. The SMILES string of the molecule is CN(CCO)C(=O)c1csc(N2CC(O[Si](c3ccccc3)(c3ccccc3)C(C)(C)C)C2)n1. The number of benzene rings is 2. The summed E-state index contributed by atoms with van der Waals surface area (Å²) in [7, 11) is -0.902. The quantitative estimate of drug-likeness (QED) is 0.487. The largest absolute Gasteiger partial charge is 0.401 e. The Morgan fingerprint density at radius 3 is 2.18 bits per heavy atom. The van der Waals surface area contributed by atoms with Crippen LogP contribution in [0.2, 0.25) is 5.04 Å². The number of nitrogens with zero attached hydrogens (tertiary/aromatic N) is 3. The number of rotatable bonds is 8. The van der Waals surface area contributed by atoms with E-state index in [-0.39, 0.29) is 23.7 Å². The van der Waals surface area contributed by atoms with E-state index >= 15 is 0 Å². The molecular weight excluding hydrogens is 462 g/mol. The monoisotopic (exact) mass is 495 g/mol. The van der Waals surface area contributed by atoms with Gasteiger partial charge < -0.3 is 19.3 Å². The Bertz CT molecular complexity index is 1060. The molecule has 1 amide bonds. The van der Waals surface area contributed by atoms with E-state index in [0.717, 1.165) is 18.2 Å². The standard InChI is InChI=1S/C26H33N3O3SSi/c1-26(2,3)34(21-11-7-5-8-12-21,22-13-9-6-10-14-22)32-20-17-29(18-20)25-27-23(19-33-25)24(31)28(4)15-16-30/h5-14,19-20,30H,15-18H2,1-4H3. The Labute approximate surface area is 207 Å². The molecule has 3 aromatic rings. The van der Waals surface area contributed by atoms with Gasteiger partial charge in [0.25, 0.3) is 14.2 Å². The van der Waals surface area contributed by atoms with Gasteiger partial charge in [0, 0.05) is 32.1 Å². The number of anilines is 1. The third-order valence-electron chi connectivity index (χ3n) is 6.37. The van der Waals surface area contributed by atoms with E-state index in [1.54, 1.807) is 12.4 Å². The van der Waals surface area contributed by atoms with Gasteiger partial charge in [0.05, 0.1) is 12.7 Å². The van der Waals surface area contributed by atoms with E-state index in [0.29, 0.717) is 12.2 Å². The molecule has 180 valence electrons. The van der Waals surface area contributed by atoms with Crippen molar-refractivity contribution in [1.29, 1.82) is 0 Å². The van der Waals surface area contributed by atoms with Crippen molar-refractivity contribution in [2.45, 2.75) is 31.9 Å². The summed E-state index contributed by atoms with van der Waals surface area (Å²) in [4.78, 5) is 20.7. The van der Waals surface area contributed by atoms with E-state index in [1.807, 2.05) is 0 Å². The maximum atomic E-state index is 12.5. The molecule has 0 spiro atoms. The van der Waals surface area contributed by atoms with Crippen LogP contribution in [0.3, 0.4) is 0 Å². The maximum absolute atomic E-state index is 12.5. The van der Waals surface area contributed by atoms with Crippen molar-refractivity contribution in [2.75, 3.05) is 38.2 Å². The third-order valence-corrected chi connectivity index (χ3v) is 12.4. The molecule has 0 bridgehead atoms. The number of thiazole rings is 1. The van der Waals surface area contributed by atoms with Gasteiger partial charge >= 0.3 is 0 Å². The summed E-state index contributed by atoms with van der Waals surface area (Å²) in [6.07, 6.45) is 0.0893. The lowest BCUT2D eigenvalue weighted by molar-refractivity contribution is 0.0762. The molecule has 1 aliphatic heterocycles. The lowest BCUT2D eigenvalue weighted by Gasteiger charge is -2.49. The fourth-order valence-electron chi connectivity index (χ4n) is 4.56. The van der Waals surface area contributed by atoms with Crippen LogP contribution in [0.4, 0.5) is 5.13 Å². The highest BCUT2D eigenvalue weighted by Crippen LogP contribution is 2.39. The highest BCUT2D eigenvalue weighted by Gasteiger charge is 2.52. The predicted molar refractivity (Wildman–Crippen MR) is 141 cm³/mol. The van der Waals surface area contributed by atoms with Gasteiger partial charge in [-0.25, -0.2) is 4.98 Å². The number of carbonyl (C=O) groups is 1. The summed E-state index contributed by atoms with van der Waals surface area (Å²) in [5.41, 5.74) is 0.423. The average Bonchev–Trinajstić information content (AvgIpc) is 3.28. The zero-order valence-electron chi connectivity index (χ0n) is 20.3. The number of aliphatic hydroxyl groups excluding tert-OH is 1. The van der Waals surface area contributed by atoms with E-state index in [1.165, 1.54) is 26.6 Å². The lowest BCUT2D eigenvalue weighted by Crippen LogP contribution is -2.70. The molecule has 1 aromatic heterocycles. The normalized spacial score (nSPS) is 14.7. The molecule has 0 radical (unpaired) electrons. The highest BCUT2D eigenvalue weighted by molar-refractivity contribution is 7.14. The van der Waals surface area contributed by atoms with Gasteiger partial charge in [-0.3, -0.25) is 4.79 Å². The highest BCUT2D eigenvalue weighted by atomic mass is 32.1. The van der Waals surface area contributed by atoms with Gasteiger partial charge in [-0.1, -0.05) is 81.4 Å². The fourth-order valence-corrected chi connectivity index (χ4v) is 10.0. The summed E-state index contributed by atoms with van der Waals surface area (Å²) in [6.45, 7) is 8.60. The zero-order valence-corrected chi connectivity index (χ0v) is 22.1. The number of aromatic nitrogens is 1. The van der Waals surface area contributed by atoms with Gasteiger partial charge in [-0.05, 0) is 15.4 Å². The van der Waals surface area contributed by atoms with Crippen molar-refractivity contribution >= 4 is 41.1 Å². The van der Waals surface area contributed by atoms with Crippen molar-refractivity contribution in [3.8, 4) is 0 Å². The summed E-state index contributed by atoms with van der Waals surface area (Å²) in [6, 6.07) is 21.4. The molecule has 1 saturated heterocycles. The Hall–Kier alpha value is -2.52. The molecule has 8 heteroatoms. The summed E-state index contributed by atoms with van der Waals surface area (Å²) in [5, 5.41) is 14.2. The molecule has 1 aliphatic rings. The van der Waals surface area contributed by atoms with Crippen molar-refractivity contribution in [2.24, 2.45) is 0 Å². The minimum Gasteiger partial charge on any atom is -0.401 e. The fraction of sp³-hybridized carbons (Fsp3) is 0.385.